The fourth-order valence-corrected chi connectivity index (χ4v) is 2.87. The molecule has 0 atom stereocenters. The second-order valence-corrected chi connectivity index (χ2v) is 5.22. The number of thiophene rings is 1. The van der Waals surface area contributed by atoms with Crippen LogP contribution in [0.1, 0.15) is 18.4 Å². The molecule has 0 aliphatic heterocycles. The van der Waals surface area contributed by atoms with Gasteiger partial charge in [0.15, 0.2) is 0 Å². The maximum atomic E-state index is 4.15. The Morgan fingerprint density at radius 3 is 3.06 bits per heavy atom. The van der Waals surface area contributed by atoms with Gasteiger partial charge in [-0.05, 0) is 24.3 Å². The number of aromatic nitrogens is 2. The summed E-state index contributed by atoms with van der Waals surface area (Å²) in [6, 6.07) is 4.79. The average Bonchev–Trinajstić information content (AvgIpc) is 3.09. The molecule has 0 bridgehead atoms. The van der Waals surface area contributed by atoms with Gasteiger partial charge in [0.05, 0.1) is 16.8 Å². The number of hydrogen-bond donors (Lipinski definition) is 2. The van der Waals surface area contributed by atoms with Gasteiger partial charge in [-0.2, -0.15) is 5.10 Å². The second-order valence-electron chi connectivity index (χ2n) is 4.27. The predicted octanol–water partition coefficient (Wildman–Crippen LogP) is 2.95. The molecule has 2 aromatic rings. The van der Waals surface area contributed by atoms with Gasteiger partial charge < -0.3 is 5.32 Å². The zero-order valence-electron chi connectivity index (χ0n) is 9.52. The fourth-order valence-electron chi connectivity index (χ4n) is 2.12. The van der Waals surface area contributed by atoms with Gasteiger partial charge in [0.1, 0.15) is 0 Å². The van der Waals surface area contributed by atoms with Crippen LogP contribution in [0.25, 0.3) is 10.6 Å². The first-order valence-corrected chi connectivity index (χ1v) is 6.76. The van der Waals surface area contributed by atoms with E-state index < -0.39 is 0 Å². The third-order valence-electron chi connectivity index (χ3n) is 3.07. The molecule has 0 unspecified atom stereocenters. The normalized spacial score (nSPS) is 15.8. The summed E-state index contributed by atoms with van der Waals surface area (Å²) in [6.07, 6.45) is 8.70. The third-order valence-corrected chi connectivity index (χ3v) is 3.96. The van der Waals surface area contributed by atoms with E-state index >= 15 is 0 Å². The van der Waals surface area contributed by atoms with E-state index in [1.807, 2.05) is 6.20 Å². The first-order valence-electron chi connectivity index (χ1n) is 5.88. The zero-order valence-corrected chi connectivity index (χ0v) is 10.3. The minimum Gasteiger partial charge on any atom is -0.309 e. The Labute approximate surface area is 105 Å². The minimum absolute atomic E-state index is 0.598. The van der Waals surface area contributed by atoms with Gasteiger partial charge in [0.25, 0.3) is 0 Å². The molecule has 0 radical (unpaired) electrons. The van der Waals surface area contributed by atoms with Crippen LogP contribution in [0, 0.1) is 0 Å². The van der Waals surface area contributed by atoms with Crippen molar-refractivity contribution in [2.45, 2.75) is 25.4 Å². The van der Waals surface area contributed by atoms with Gasteiger partial charge >= 0.3 is 0 Å². The minimum atomic E-state index is 0.598. The summed E-state index contributed by atoms with van der Waals surface area (Å²) in [7, 11) is 0. The van der Waals surface area contributed by atoms with Crippen molar-refractivity contribution in [2.24, 2.45) is 0 Å². The Hall–Kier alpha value is -1.39. The molecule has 88 valence electrons. The fraction of sp³-hybridized carbons (Fsp3) is 0.308. The van der Waals surface area contributed by atoms with Crippen LogP contribution in [0.2, 0.25) is 0 Å². The van der Waals surface area contributed by atoms with Crippen molar-refractivity contribution in [3.63, 3.8) is 0 Å². The zero-order chi connectivity index (χ0) is 11.5. The number of nitrogens with one attached hydrogen (secondary N) is 2. The first-order chi connectivity index (χ1) is 8.43. The molecule has 1 aliphatic carbocycles. The van der Waals surface area contributed by atoms with Crippen molar-refractivity contribution in [1.29, 1.82) is 0 Å². The van der Waals surface area contributed by atoms with E-state index in [1.165, 1.54) is 10.4 Å². The topological polar surface area (TPSA) is 40.7 Å². The molecule has 4 heteroatoms. The number of hydrogen-bond acceptors (Lipinski definition) is 3. The maximum Gasteiger partial charge on any atom is 0.0794 e. The molecule has 0 aromatic carbocycles. The SMILES string of the molecule is C1=CCC(NCc2cn[nH]c2-c2cccs2)C1. The predicted molar refractivity (Wildman–Crippen MR) is 70.9 cm³/mol. The van der Waals surface area contributed by atoms with Gasteiger partial charge in [-0.1, -0.05) is 18.2 Å². The largest absolute Gasteiger partial charge is 0.309 e. The maximum absolute atomic E-state index is 4.15. The molecule has 0 saturated carbocycles. The van der Waals surface area contributed by atoms with Crippen LogP contribution in [0.5, 0.6) is 0 Å². The number of H-pyrrole nitrogens is 1. The monoisotopic (exact) mass is 245 g/mol. The van der Waals surface area contributed by atoms with Crippen LogP contribution in [-0.4, -0.2) is 16.2 Å². The lowest BCUT2D eigenvalue weighted by molar-refractivity contribution is 0.539. The Kier molecular flexibility index (Phi) is 3.07. The first kappa shape index (κ1) is 10.7. The molecule has 2 N–H and O–H groups in total. The van der Waals surface area contributed by atoms with Crippen LogP contribution >= 0.6 is 11.3 Å². The standard InChI is InChI=1S/C13H15N3S/c1-2-5-11(4-1)14-8-10-9-15-16-13(10)12-6-3-7-17-12/h1-3,6-7,9,11,14H,4-5,8H2,(H,15,16). The van der Waals surface area contributed by atoms with E-state index in [0.717, 1.165) is 25.1 Å². The molecule has 0 fully saturated rings. The van der Waals surface area contributed by atoms with Crippen LogP contribution in [0.3, 0.4) is 0 Å². The summed E-state index contributed by atoms with van der Waals surface area (Å²) in [5.74, 6) is 0. The van der Waals surface area contributed by atoms with Crippen LogP contribution < -0.4 is 5.32 Å². The molecule has 2 aromatic heterocycles. The van der Waals surface area contributed by atoms with E-state index in [-0.39, 0.29) is 0 Å². The van der Waals surface area contributed by atoms with Crippen LogP contribution in [-0.2, 0) is 6.54 Å². The lowest BCUT2D eigenvalue weighted by atomic mass is 10.2. The summed E-state index contributed by atoms with van der Waals surface area (Å²) >= 11 is 1.74. The smallest absolute Gasteiger partial charge is 0.0794 e. The Bertz CT molecular complexity index is 490. The van der Waals surface area contributed by atoms with Crippen LogP contribution in [0.4, 0.5) is 0 Å². The van der Waals surface area contributed by atoms with Crippen molar-refractivity contribution in [3.05, 3.63) is 41.4 Å². The molecule has 3 rings (SSSR count). The molecular weight excluding hydrogens is 230 g/mol. The quantitative estimate of drug-likeness (QED) is 0.813. The Balaban J connectivity index is 1.69. The van der Waals surface area contributed by atoms with Gasteiger partial charge in [-0.3, -0.25) is 5.10 Å². The van der Waals surface area contributed by atoms with Gasteiger partial charge in [0.2, 0.25) is 0 Å². The molecule has 3 nitrogen and oxygen atoms in total. The summed E-state index contributed by atoms with van der Waals surface area (Å²) in [4.78, 5) is 1.25. The van der Waals surface area contributed by atoms with Crippen molar-refractivity contribution >= 4 is 11.3 Å². The average molecular weight is 245 g/mol. The summed E-state index contributed by atoms with van der Waals surface area (Å²) in [6.45, 7) is 0.885. The van der Waals surface area contributed by atoms with Gasteiger partial charge in [0, 0.05) is 18.2 Å². The van der Waals surface area contributed by atoms with Crippen molar-refractivity contribution < 1.29 is 0 Å². The van der Waals surface area contributed by atoms with E-state index in [4.69, 9.17) is 0 Å². The lowest BCUT2D eigenvalue weighted by Gasteiger charge is -2.11. The summed E-state index contributed by atoms with van der Waals surface area (Å²) < 4.78 is 0. The van der Waals surface area contributed by atoms with E-state index in [9.17, 15) is 0 Å². The third kappa shape index (κ3) is 2.33. The van der Waals surface area contributed by atoms with Gasteiger partial charge in [-0.25, -0.2) is 0 Å². The van der Waals surface area contributed by atoms with E-state index in [1.54, 1.807) is 11.3 Å². The van der Waals surface area contributed by atoms with Crippen molar-refractivity contribution in [1.82, 2.24) is 15.5 Å². The highest BCUT2D eigenvalue weighted by Crippen LogP contribution is 2.25. The highest BCUT2D eigenvalue weighted by molar-refractivity contribution is 7.13. The van der Waals surface area contributed by atoms with E-state index in [2.05, 4.69) is 45.2 Å². The number of rotatable bonds is 4. The highest BCUT2D eigenvalue weighted by atomic mass is 32.1. The number of nitrogens with zero attached hydrogens (tertiary/aromatic N) is 1. The molecule has 0 amide bonds. The molecule has 0 spiro atoms. The summed E-state index contributed by atoms with van der Waals surface area (Å²) in [5.41, 5.74) is 2.40. The second kappa shape index (κ2) is 4.85. The molecule has 0 saturated heterocycles. The van der Waals surface area contributed by atoms with Gasteiger partial charge in [-0.15, -0.1) is 11.3 Å². The lowest BCUT2D eigenvalue weighted by Crippen LogP contribution is -2.25. The molecule has 2 heterocycles. The molecule has 17 heavy (non-hydrogen) atoms. The van der Waals surface area contributed by atoms with Crippen molar-refractivity contribution in [3.8, 4) is 10.6 Å². The van der Waals surface area contributed by atoms with E-state index in [0.29, 0.717) is 6.04 Å². The molecule has 1 aliphatic rings. The Morgan fingerprint density at radius 2 is 2.29 bits per heavy atom. The Morgan fingerprint density at radius 1 is 1.41 bits per heavy atom. The highest BCUT2D eigenvalue weighted by Gasteiger charge is 2.12. The van der Waals surface area contributed by atoms with Crippen LogP contribution in [0.15, 0.2) is 35.9 Å². The summed E-state index contributed by atoms with van der Waals surface area (Å²) in [5, 5.41) is 12.9. The van der Waals surface area contributed by atoms with Crippen molar-refractivity contribution in [2.75, 3.05) is 0 Å². The number of aromatic amines is 1. The molecular formula is C13H15N3S.